The summed E-state index contributed by atoms with van der Waals surface area (Å²) < 4.78 is 0. The molecular weight excluding hydrogens is 228 g/mol. The number of nitrogens with zero attached hydrogens (tertiary/aromatic N) is 1. The number of amides is 1. The molecule has 2 aliphatic heterocycles. The molecule has 2 fully saturated rings. The normalized spacial score (nSPS) is 29.8. The summed E-state index contributed by atoms with van der Waals surface area (Å²) in [6, 6.07) is -0.0857. The van der Waals surface area contributed by atoms with Crippen molar-refractivity contribution in [3.63, 3.8) is 0 Å². The Morgan fingerprint density at radius 1 is 1.44 bits per heavy atom. The van der Waals surface area contributed by atoms with Crippen LogP contribution in [0.4, 0.5) is 0 Å². The highest BCUT2D eigenvalue weighted by Gasteiger charge is 2.47. The van der Waals surface area contributed by atoms with Crippen molar-refractivity contribution in [3.05, 3.63) is 0 Å². The second-order valence-corrected chi connectivity index (χ2v) is 6.65. The number of rotatable bonds is 3. The van der Waals surface area contributed by atoms with Gasteiger partial charge >= 0.3 is 0 Å². The molecule has 4 nitrogen and oxygen atoms in total. The monoisotopic (exact) mass is 254 g/mol. The quantitative estimate of drug-likeness (QED) is 0.794. The Bertz CT molecular complexity index is 322. The Labute approximate surface area is 110 Å². The molecule has 4 heteroatoms. The van der Waals surface area contributed by atoms with Crippen LogP contribution in [0.2, 0.25) is 0 Å². The van der Waals surface area contributed by atoms with Crippen molar-refractivity contribution in [2.24, 2.45) is 5.41 Å². The van der Waals surface area contributed by atoms with Crippen molar-refractivity contribution in [2.45, 2.75) is 58.1 Å². The van der Waals surface area contributed by atoms with E-state index in [1.54, 1.807) is 4.90 Å². The maximum absolute atomic E-state index is 12.4. The van der Waals surface area contributed by atoms with Gasteiger partial charge in [0.25, 0.3) is 0 Å². The molecule has 0 aromatic heterocycles. The molecule has 0 aromatic rings. The molecule has 1 atom stereocenters. The van der Waals surface area contributed by atoms with E-state index in [4.69, 9.17) is 0 Å². The van der Waals surface area contributed by atoms with Crippen LogP contribution in [0.5, 0.6) is 0 Å². The van der Waals surface area contributed by atoms with E-state index in [0.717, 1.165) is 32.2 Å². The lowest BCUT2D eigenvalue weighted by Gasteiger charge is -2.50. The average Bonchev–Trinajstić information content (AvgIpc) is 2.24. The molecule has 1 amide bonds. The first-order valence-corrected chi connectivity index (χ1v) is 7.12. The van der Waals surface area contributed by atoms with E-state index in [2.05, 4.69) is 26.1 Å². The lowest BCUT2D eigenvalue weighted by molar-refractivity contribution is -0.162. The molecule has 104 valence electrons. The van der Waals surface area contributed by atoms with Crippen LogP contribution in [0.1, 0.15) is 46.5 Å². The predicted molar refractivity (Wildman–Crippen MR) is 71.2 cm³/mol. The number of hydrogen-bond donors (Lipinski definition) is 2. The molecule has 0 aliphatic carbocycles. The average molecular weight is 254 g/mol. The second kappa shape index (κ2) is 4.82. The predicted octanol–water partition coefficient (Wildman–Crippen LogP) is 1.14. The number of likely N-dealkylation sites (tertiary alicyclic amines) is 1. The van der Waals surface area contributed by atoms with E-state index < -0.39 is 5.60 Å². The van der Waals surface area contributed by atoms with Gasteiger partial charge in [0.05, 0.1) is 24.7 Å². The minimum Gasteiger partial charge on any atom is -0.386 e. The Hall–Kier alpha value is -0.610. The van der Waals surface area contributed by atoms with Crippen molar-refractivity contribution < 1.29 is 9.90 Å². The van der Waals surface area contributed by atoms with Crippen LogP contribution in [0.3, 0.4) is 0 Å². The number of aliphatic hydroxyl groups is 1. The molecule has 0 radical (unpaired) electrons. The van der Waals surface area contributed by atoms with E-state index in [0.29, 0.717) is 13.1 Å². The maximum Gasteiger partial charge on any atom is 0.240 e. The number of β-amino-alcohol motifs (C(OH)–C–C–N with tert-alkyl or cyclic N) is 1. The van der Waals surface area contributed by atoms with Gasteiger partial charge in [-0.05, 0) is 31.2 Å². The second-order valence-electron chi connectivity index (χ2n) is 6.65. The van der Waals surface area contributed by atoms with Gasteiger partial charge in [-0.25, -0.2) is 0 Å². The molecule has 2 rings (SSSR count). The molecular formula is C14H26N2O2. The molecule has 2 N–H and O–H groups in total. The van der Waals surface area contributed by atoms with Crippen molar-refractivity contribution >= 4 is 5.91 Å². The summed E-state index contributed by atoms with van der Waals surface area (Å²) in [4.78, 5) is 14.2. The highest BCUT2D eigenvalue weighted by Crippen LogP contribution is 2.34. The van der Waals surface area contributed by atoms with Crippen LogP contribution in [-0.2, 0) is 4.79 Å². The molecule has 0 aromatic carbocycles. The fourth-order valence-corrected chi connectivity index (χ4v) is 3.26. The summed E-state index contributed by atoms with van der Waals surface area (Å²) >= 11 is 0. The summed E-state index contributed by atoms with van der Waals surface area (Å²) in [7, 11) is 0. The first kappa shape index (κ1) is 13.8. The minimum absolute atomic E-state index is 0.0216. The number of piperidine rings is 1. The first-order chi connectivity index (χ1) is 8.38. The van der Waals surface area contributed by atoms with Gasteiger partial charge in [-0.15, -0.1) is 0 Å². The van der Waals surface area contributed by atoms with Crippen LogP contribution in [0.25, 0.3) is 0 Å². The fraction of sp³-hybridized carbons (Fsp3) is 0.929. The van der Waals surface area contributed by atoms with Crippen molar-refractivity contribution in [1.29, 1.82) is 0 Å². The van der Waals surface area contributed by atoms with Crippen LogP contribution in [0.15, 0.2) is 0 Å². The number of hydrogen-bond acceptors (Lipinski definition) is 3. The number of nitrogens with one attached hydrogen (secondary N) is 1. The summed E-state index contributed by atoms with van der Waals surface area (Å²) in [6.07, 6.45) is 3.98. The highest BCUT2D eigenvalue weighted by atomic mass is 16.3. The number of carbonyl (C=O) groups excluding carboxylic acids is 1. The lowest BCUT2D eigenvalue weighted by atomic mass is 9.76. The zero-order chi connectivity index (χ0) is 13.4. The minimum atomic E-state index is -0.622. The Balaban J connectivity index is 1.93. The third-order valence-corrected chi connectivity index (χ3v) is 4.37. The maximum atomic E-state index is 12.4. The molecule has 18 heavy (non-hydrogen) atoms. The first-order valence-electron chi connectivity index (χ1n) is 7.12. The van der Waals surface area contributed by atoms with E-state index in [9.17, 15) is 9.90 Å². The molecule has 2 heterocycles. The van der Waals surface area contributed by atoms with Crippen LogP contribution >= 0.6 is 0 Å². The van der Waals surface area contributed by atoms with Gasteiger partial charge in [0.1, 0.15) is 0 Å². The third-order valence-electron chi connectivity index (χ3n) is 4.37. The van der Waals surface area contributed by atoms with E-state index in [-0.39, 0.29) is 17.4 Å². The van der Waals surface area contributed by atoms with E-state index in [1.165, 1.54) is 0 Å². The van der Waals surface area contributed by atoms with Gasteiger partial charge in [-0.1, -0.05) is 27.2 Å². The fourth-order valence-electron chi connectivity index (χ4n) is 3.26. The van der Waals surface area contributed by atoms with Crippen molar-refractivity contribution in [1.82, 2.24) is 10.2 Å². The lowest BCUT2D eigenvalue weighted by Crippen LogP contribution is -2.68. The van der Waals surface area contributed by atoms with E-state index >= 15 is 0 Å². The molecule has 0 bridgehead atoms. The highest BCUT2D eigenvalue weighted by molar-refractivity contribution is 5.84. The number of carbonyl (C=O) groups is 1. The Morgan fingerprint density at radius 2 is 2.11 bits per heavy atom. The SMILES string of the molecule is CCCC1(O)CN(C(=O)C2NCCCC2(C)C)C1. The van der Waals surface area contributed by atoms with Gasteiger partial charge in [0, 0.05) is 0 Å². The molecule has 0 spiro atoms. The van der Waals surface area contributed by atoms with Crippen molar-refractivity contribution in [2.75, 3.05) is 19.6 Å². The van der Waals surface area contributed by atoms with Gasteiger partial charge < -0.3 is 15.3 Å². The smallest absolute Gasteiger partial charge is 0.240 e. The van der Waals surface area contributed by atoms with Gasteiger partial charge in [-0.2, -0.15) is 0 Å². The summed E-state index contributed by atoms with van der Waals surface area (Å²) in [5.74, 6) is 0.167. The third kappa shape index (κ3) is 2.54. The zero-order valence-electron chi connectivity index (χ0n) is 11.8. The summed E-state index contributed by atoms with van der Waals surface area (Å²) in [5, 5.41) is 13.5. The van der Waals surface area contributed by atoms with E-state index in [1.807, 2.05) is 0 Å². The van der Waals surface area contributed by atoms with Crippen LogP contribution in [0, 0.1) is 5.41 Å². The van der Waals surface area contributed by atoms with Gasteiger partial charge in [0.2, 0.25) is 5.91 Å². The molecule has 1 unspecified atom stereocenters. The Morgan fingerprint density at radius 3 is 2.67 bits per heavy atom. The molecule has 0 saturated carbocycles. The van der Waals surface area contributed by atoms with Gasteiger partial charge in [0.15, 0.2) is 0 Å². The van der Waals surface area contributed by atoms with Crippen LogP contribution in [-0.4, -0.2) is 47.2 Å². The van der Waals surface area contributed by atoms with Gasteiger partial charge in [-0.3, -0.25) is 4.79 Å². The molecule has 2 saturated heterocycles. The largest absolute Gasteiger partial charge is 0.386 e. The van der Waals surface area contributed by atoms with Crippen molar-refractivity contribution in [3.8, 4) is 0 Å². The summed E-state index contributed by atoms with van der Waals surface area (Å²) in [6.45, 7) is 8.31. The topological polar surface area (TPSA) is 52.6 Å². The molecule has 2 aliphatic rings. The standard InChI is InChI=1S/C14H26N2O2/c1-4-6-14(18)9-16(10-14)12(17)11-13(2,3)7-5-8-15-11/h11,15,18H,4-10H2,1-3H3. The Kier molecular flexibility index (Phi) is 3.70. The van der Waals surface area contributed by atoms with Crippen LogP contribution < -0.4 is 5.32 Å². The summed E-state index contributed by atoms with van der Waals surface area (Å²) in [5.41, 5.74) is -0.600. The zero-order valence-corrected chi connectivity index (χ0v) is 11.8.